The molecule has 0 radical (unpaired) electrons. The van der Waals surface area contributed by atoms with Gasteiger partial charge in [0.25, 0.3) is 20.0 Å². The Bertz CT molecular complexity index is 1910. The predicted octanol–water partition coefficient (Wildman–Crippen LogP) is 0.716. The van der Waals surface area contributed by atoms with Crippen LogP contribution in [0, 0.1) is 0 Å². The average molecular weight is 683 g/mol. The third-order valence-electron chi connectivity index (χ3n) is 7.86. The summed E-state index contributed by atoms with van der Waals surface area (Å²) in [4.78, 5) is 27.3. The molecule has 0 amide bonds. The molecule has 1 aromatic carbocycles. The Labute approximate surface area is 259 Å². The number of H-pyrrole nitrogens is 1. The van der Waals surface area contributed by atoms with Crippen LogP contribution < -0.4 is 11.3 Å². The Balaban J connectivity index is 1.22. The molecule has 10 unspecified atom stereocenters. The van der Waals surface area contributed by atoms with Gasteiger partial charge in [0, 0.05) is 0 Å². The van der Waals surface area contributed by atoms with Gasteiger partial charge in [-0.15, -0.1) is 0 Å². The lowest BCUT2D eigenvalue weighted by molar-refractivity contribution is -0.0576. The summed E-state index contributed by atoms with van der Waals surface area (Å²) < 4.78 is 65.6. The predicted molar refractivity (Wildman–Crippen MR) is 161 cm³/mol. The number of nitrogen functional groups attached to an aromatic ring is 1. The summed E-state index contributed by atoms with van der Waals surface area (Å²) >= 11 is 4.10. The van der Waals surface area contributed by atoms with Crippen molar-refractivity contribution in [1.29, 1.82) is 0 Å². The molecule has 4 aromatic rings. The summed E-state index contributed by atoms with van der Waals surface area (Å²) in [7, 11) is -4.03. The molecule has 3 aliphatic heterocycles. The van der Waals surface area contributed by atoms with Gasteiger partial charge in [-0.3, -0.25) is 28.0 Å². The second-order valence-electron chi connectivity index (χ2n) is 10.7. The largest absolute Gasteiger partial charge is 0.387 e. The van der Waals surface area contributed by atoms with Crippen LogP contribution >= 0.6 is 26.5 Å². The first-order valence-electron chi connectivity index (χ1n) is 13.9. The number of nitrogens with one attached hydrogen (secondary N) is 1. The van der Waals surface area contributed by atoms with Gasteiger partial charge in [-0.1, -0.05) is 31.2 Å². The molecule has 0 saturated carbocycles. The fraction of sp³-hybridized carbons (Fsp3) is 0.478. The highest BCUT2D eigenvalue weighted by molar-refractivity contribution is 8.44. The zero-order valence-corrected chi connectivity index (χ0v) is 26.1. The van der Waals surface area contributed by atoms with Gasteiger partial charge in [-0.05, 0) is 12.1 Å². The highest BCUT2D eigenvalue weighted by Gasteiger charge is 2.53. The van der Waals surface area contributed by atoms with Gasteiger partial charge in [0.1, 0.15) is 36.6 Å². The number of aliphatic hydroxyl groups excluding tert-OH is 2. The minimum atomic E-state index is -4.26. The van der Waals surface area contributed by atoms with Crippen LogP contribution in [-0.2, 0) is 36.7 Å². The number of ether oxygens (including phenoxy) is 2. The third kappa shape index (κ3) is 5.57. The van der Waals surface area contributed by atoms with E-state index in [1.54, 1.807) is 29.6 Å². The molecule has 10 atom stereocenters. The molecule has 22 heteroatoms. The Morgan fingerprint density at radius 3 is 2.53 bits per heavy atom. The van der Waals surface area contributed by atoms with E-state index < -0.39 is 82.1 Å². The lowest BCUT2D eigenvalue weighted by Crippen LogP contribution is -2.36. The Hall–Kier alpha value is -2.61. The van der Waals surface area contributed by atoms with Crippen LogP contribution in [0.5, 0.6) is 0 Å². The Morgan fingerprint density at radius 1 is 1.00 bits per heavy atom. The van der Waals surface area contributed by atoms with Crippen LogP contribution in [-0.4, -0.2) is 96.1 Å². The minimum Gasteiger partial charge on any atom is -0.387 e. The number of anilines is 1. The number of para-hydroxylation sites is 2. The van der Waals surface area contributed by atoms with Crippen molar-refractivity contribution in [3.05, 3.63) is 47.3 Å². The van der Waals surface area contributed by atoms with Gasteiger partial charge >= 0.3 is 6.80 Å². The van der Waals surface area contributed by atoms with E-state index in [1.807, 2.05) is 6.07 Å². The van der Waals surface area contributed by atoms with E-state index in [4.69, 9.17) is 33.3 Å². The number of thiol groups is 1. The zero-order valence-electron chi connectivity index (χ0n) is 23.4. The maximum Gasteiger partial charge on any atom is 0.386 e. The second-order valence-corrected chi connectivity index (χ2v) is 15.9. The second kappa shape index (κ2) is 11.6. The highest BCUT2D eigenvalue weighted by Crippen LogP contribution is 2.58. The fourth-order valence-electron chi connectivity index (χ4n) is 5.64. The minimum absolute atomic E-state index is 0.00874. The smallest absolute Gasteiger partial charge is 0.386 e. The van der Waals surface area contributed by atoms with Crippen LogP contribution in [0.25, 0.3) is 22.2 Å². The van der Waals surface area contributed by atoms with Crippen molar-refractivity contribution in [1.82, 2.24) is 29.1 Å². The first-order valence-corrected chi connectivity index (χ1v) is 18.3. The van der Waals surface area contributed by atoms with Crippen LogP contribution in [0.4, 0.5) is 5.95 Å². The van der Waals surface area contributed by atoms with Crippen LogP contribution in [0.1, 0.15) is 12.5 Å². The topological polar surface area (TPSA) is 237 Å². The molecule has 0 aliphatic carbocycles. The lowest BCUT2D eigenvalue weighted by Gasteiger charge is -2.28. The number of rotatable bonds is 3. The molecule has 3 saturated heterocycles. The summed E-state index contributed by atoms with van der Waals surface area (Å²) in [6, 6.07) is 7.19. The van der Waals surface area contributed by atoms with Crippen molar-refractivity contribution in [2.24, 2.45) is 0 Å². The normalized spacial score (nSPS) is 37.6. The van der Waals surface area contributed by atoms with Crippen molar-refractivity contribution in [3.63, 3.8) is 0 Å². The van der Waals surface area contributed by atoms with Crippen molar-refractivity contribution in [2.75, 3.05) is 18.9 Å². The molecule has 3 aromatic heterocycles. The molecule has 240 valence electrons. The van der Waals surface area contributed by atoms with E-state index in [1.165, 1.54) is 17.2 Å². The van der Waals surface area contributed by atoms with E-state index in [0.29, 0.717) is 11.0 Å². The summed E-state index contributed by atoms with van der Waals surface area (Å²) in [5.41, 5.74) is 6.37. The van der Waals surface area contributed by atoms with Crippen LogP contribution in [0.2, 0.25) is 6.82 Å². The number of fused-ring (bicyclic) bond motifs is 5. The SMILES string of the molecule is CBP1(=O)OCC2OC(n3cnc4ccccc43)C(O)C2OP(=O)(S)OCC2OC(n3cnc4c(=O)[nH]c(N)nc43)C(O1)C2O. The van der Waals surface area contributed by atoms with Gasteiger partial charge in [0.2, 0.25) is 5.95 Å². The summed E-state index contributed by atoms with van der Waals surface area (Å²) in [5, 5.41) is 22.6. The monoisotopic (exact) mass is 683 g/mol. The van der Waals surface area contributed by atoms with Crippen molar-refractivity contribution >= 4 is 61.7 Å². The van der Waals surface area contributed by atoms with E-state index in [9.17, 15) is 24.1 Å². The third-order valence-corrected chi connectivity index (χ3v) is 11.4. The fourth-order valence-corrected chi connectivity index (χ4v) is 8.50. The average Bonchev–Trinajstić information content (AvgIpc) is 3.76. The zero-order chi connectivity index (χ0) is 31.7. The standard InChI is InChI=1S/C23H28BN7O11P2S/c1-24-43(35)37-7-13-17(16(33)21(40-13)30-8-26-10-4-2-3-5-11(10)30)42-44(36,45)38-6-12-15(32)18(41-43)22(39-12)31-9-27-14-19(31)28-23(25)29-20(14)34/h2-5,8-9,12-13,15-18,21-22,24,32-33H,6-7H2,1H3,(H,36,45)(H3,25,28,29,34). The summed E-state index contributed by atoms with van der Waals surface area (Å²) in [6.45, 7) is -3.80. The molecule has 18 nitrogen and oxygen atoms in total. The molecular formula is C23H28BN7O11P2S. The van der Waals surface area contributed by atoms with Gasteiger partial charge in [-0.2, -0.15) is 4.98 Å². The molecule has 5 N–H and O–H groups in total. The highest BCUT2D eigenvalue weighted by atomic mass is 32.7. The molecule has 2 bridgehead atoms. The summed E-state index contributed by atoms with van der Waals surface area (Å²) in [5.74, 6) is -0.196. The molecule has 0 spiro atoms. The van der Waals surface area contributed by atoms with Gasteiger partial charge in [-0.25, -0.2) is 14.5 Å². The van der Waals surface area contributed by atoms with Gasteiger partial charge in [0.15, 0.2) is 23.6 Å². The summed E-state index contributed by atoms with van der Waals surface area (Å²) in [6.07, 6.45) is -7.54. The van der Waals surface area contributed by atoms with E-state index >= 15 is 0 Å². The Kier molecular flexibility index (Phi) is 7.98. The maximum absolute atomic E-state index is 14.0. The molecule has 6 heterocycles. The number of hydrogen-bond acceptors (Lipinski definition) is 15. The molecule has 3 aliphatic rings. The number of nitrogens with two attached hydrogens (primary N) is 1. The molecular weight excluding hydrogens is 655 g/mol. The van der Waals surface area contributed by atoms with E-state index in [-0.39, 0.29) is 24.1 Å². The molecule has 45 heavy (non-hydrogen) atoms. The number of hydrogen-bond donors (Lipinski definition) is 5. The van der Waals surface area contributed by atoms with Crippen molar-refractivity contribution in [2.45, 2.75) is 55.9 Å². The van der Waals surface area contributed by atoms with Crippen molar-refractivity contribution < 1.29 is 46.9 Å². The number of imidazole rings is 2. The lowest BCUT2D eigenvalue weighted by atomic mass is 10.1. The maximum atomic E-state index is 14.0. The number of nitrogens with zero attached hydrogens (tertiary/aromatic N) is 5. The number of aromatic amines is 1. The molecule has 7 rings (SSSR count). The van der Waals surface area contributed by atoms with Crippen molar-refractivity contribution in [3.8, 4) is 0 Å². The quantitative estimate of drug-likeness (QED) is 0.114. The van der Waals surface area contributed by atoms with Gasteiger partial charge in [0.05, 0.1) is 36.9 Å². The van der Waals surface area contributed by atoms with Gasteiger partial charge < -0.3 is 39.0 Å². The Morgan fingerprint density at radius 2 is 1.73 bits per heavy atom. The first-order chi connectivity index (χ1) is 21.5. The number of benzene rings is 1. The van der Waals surface area contributed by atoms with Crippen LogP contribution in [0.15, 0.2) is 41.7 Å². The first kappa shape index (κ1) is 31.0. The number of aromatic nitrogens is 6. The van der Waals surface area contributed by atoms with Crippen LogP contribution in [0.3, 0.4) is 0 Å². The van der Waals surface area contributed by atoms with E-state index in [0.717, 1.165) is 0 Å². The van der Waals surface area contributed by atoms with E-state index in [2.05, 4.69) is 32.2 Å². The number of aliphatic hydroxyl groups is 2. The molecule has 3 fully saturated rings.